The van der Waals surface area contributed by atoms with Gasteiger partial charge >= 0.3 is 12.0 Å². The summed E-state index contributed by atoms with van der Waals surface area (Å²) < 4.78 is 5.16. The van der Waals surface area contributed by atoms with Crippen LogP contribution in [0.15, 0.2) is 54.6 Å². The van der Waals surface area contributed by atoms with Crippen molar-refractivity contribution in [3.05, 3.63) is 65.7 Å². The zero-order valence-electron chi connectivity index (χ0n) is 17.1. The Morgan fingerprint density at radius 1 is 1.13 bits per heavy atom. The number of rotatable bonds is 5. The normalized spacial score (nSPS) is 20.7. The average molecular weight is 421 g/mol. The van der Waals surface area contributed by atoms with E-state index in [1.54, 1.807) is 24.3 Å². The molecule has 0 unspecified atom stereocenters. The van der Waals surface area contributed by atoms with Crippen LogP contribution in [0.25, 0.3) is 0 Å². The van der Waals surface area contributed by atoms with Crippen LogP contribution in [0.2, 0.25) is 0 Å². The van der Waals surface area contributed by atoms with E-state index in [0.717, 1.165) is 28.9 Å². The summed E-state index contributed by atoms with van der Waals surface area (Å²) in [5, 5.41) is 5.43. The second kappa shape index (κ2) is 8.22. The molecule has 31 heavy (non-hydrogen) atoms. The molecule has 1 heterocycles. The number of para-hydroxylation sites is 1. The monoisotopic (exact) mass is 421 g/mol. The van der Waals surface area contributed by atoms with Gasteiger partial charge in [0.25, 0.3) is 11.8 Å². The van der Waals surface area contributed by atoms with Crippen molar-refractivity contribution in [2.45, 2.75) is 37.8 Å². The van der Waals surface area contributed by atoms with Gasteiger partial charge in [0.05, 0.1) is 0 Å². The number of urea groups is 1. The lowest BCUT2D eigenvalue weighted by atomic mass is 9.76. The lowest BCUT2D eigenvalue weighted by Crippen LogP contribution is -2.47. The first-order valence-electron chi connectivity index (χ1n) is 10.2. The minimum absolute atomic E-state index is 0.468. The average Bonchev–Trinajstić information content (AvgIpc) is 2.99. The van der Waals surface area contributed by atoms with E-state index < -0.39 is 42.0 Å². The van der Waals surface area contributed by atoms with Crippen molar-refractivity contribution < 1.29 is 23.9 Å². The van der Waals surface area contributed by atoms with E-state index in [0.29, 0.717) is 12.1 Å². The Morgan fingerprint density at radius 2 is 1.84 bits per heavy atom. The summed E-state index contributed by atoms with van der Waals surface area (Å²) in [6, 6.07) is 15.6. The third-order valence-electron chi connectivity index (χ3n) is 5.66. The fourth-order valence-corrected chi connectivity index (χ4v) is 4.14. The van der Waals surface area contributed by atoms with Gasteiger partial charge in [0.15, 0.2) is 6.10 Å². The van der Waals surface area contributed by atoms with Gasteiger partial charge in [-0.15, -0.1) is 0 Å². The summed E-state index contributed by atoms with van der Waals surface area (Å²) >= 11 is 0. The van der Waals surface area contributed by atoms with Gasteiger partial charge in [-0.1, -0.05) is 42.5 Å². The smallest absolute Gasteiger partial charge is 0.327 e. The maximum absolute atomic E-state index is 13.2. The van der Waals surface area contributed by atoms with Gasteiger partial charge < -0.3 is 15.4 Å². The van der Waals surface area contributed by atoms with Crippen molar-refractivity contribution in [2.75, 3.05) is 11.9 Å². The number of fused-ring (bicyclic) bond motifs is 2. The third-order valence-corrected chi connectivity index (χ3v) is 5.66. The SMILES string of the molecule is C[C@@H](OC(=O)CN1C(=O)N[C@@]2(CCCc3ccccc32)C1=O)C(=O)Nc1ccccc1. The van der Waals surface area contributed by atoms with Crippen LogP contribution < -0.4 is 10.6 Å². The van der Waals surface area contributed by atoms with Gasteiger partial charge in [0, 0.05) is 5.69 Å². The first-order chi connectivity index (χ1) is 14.9. The molecule has 0 bridgehead atoms. The van der Waals surface area contributed by atoms with Crippen LogP contribution in [-0.4, -0.2) is 41.4 Å². The number of carbonyl (C=O) groups excluding carboxylic acids is 4. The first kappa shape index (κ1) is 20.6. The summed E-state index contributed by atoms with van der Waals surface area (Å²) in [6.07, 6.45) is 0.961. The Labute approximate surface area is 179 Å². The summed E-state index contributed by atoms with van der Waals surface area (Å²) in [7, 11) is 0. The molecule has 2 N–H and O–H groups in total. The van der Waals surface area contributed by atoms with Gasteiger partial charge in [-0.3, -0.25) is 19.3 Å². The van der Waals surface area contributed by atoms with Crippen LogP contribution in [0.1, 0.15) is 30.9 Å². The molecular weight excluding hydrogens is 398 g/mol. The molecule has 0 radical (unpaired) electrons. The number of esters is 1. The molecule has 1 aliphatic heterocycles. The molecule has 2 aliphatic rings. The number of aryl methyl sites for hydroxylation is 1. The molecule has 2 atom stereocenters. The fraction of sp³-hybridized carbons (Fsp3) is 0.304. The number of ether oxygens (including phenoxy) is 1. The number of imide groups is 1. The highest BCUT2D eigenvalue weighted by Crippen LogP contribution is 2.39. The van der Waals surface area contributed by atoms with E-state index >= 15 is 0 Å². The molecule has 1 saturated heterocycles. The quantitative estimate of drug-likeness (QED) is 0.570. The molecule has 8 nitrogen and oxygen atoms in total. The van der Waals surface area contributed by atoms with Crippen LogP contribution in [-0.2, 0) is 31.1 Å². The van der Waals surface area contributed by atoms with E-state index in [1.165, 1.54) is 6.92 Å². The highest BCUT2D eigenvalue weighted by Gasteiger charge is 2.54. The van der Waals surface area contributed by atoms with Gasteiger partial charge in [-0.05, 0) is 49.4 Å². The Morgan fingerprint density at radius 3 is 2.61 bits per heavy atom. The lowest BCUT2D eigenvalue weighted by Gasteiger charge is -2.33. The number of anilines is 1. The number of benzene rings is 2. The standard InChI is InChI=1S/C23H23N3O5/c1-15(20(28)24-17-10-3-2-4-11-17)31-19(27)14-26-21(29)23(25-22(26)30)13-7-9-16-8-5-6-12-18(16)23/h2-6,8,10-12,15H,7,9,13-14H2,1H3,(H,24,28)(H,25,30)/t15-,23-/m1/s1. The van der Waals surface area contributed by atoms with Crippen molar-refractivity contribution in [1.82, 2.24) is 10.2 Å². The van der Waals surface area contributed by atoms with Gasteiger partial charge in [-0.25, -0.2) is 4.79 Å². The molecule has 2 aromatic carbocycles. The molecule has 0 saturated carbocycles. The predicted octanol–water partition coefficient (Wildman–Crippen LogP) is 2.34. The second-order valence-electron chi connectivity index (χ2n) is 7.72. The molecule has 160 valence electrons. The number of hydrogen-bond acceptors (Lipinski definition) is 5. The summed E-state index contributed by atoms with van der Waals surface area (Å²) in [5.41, 5.74) is 1.20. The predicted molar refractivity (Wildman–Crippen MR) is 112 cm³/mol. The minimum Gasteiger partial charge on any atom is -0.451 e. The van der Waals surface area contributed by atoms with E-state index in [2.05, 4.69) is 10.6 Å². The zero-order valence-corrected chi connectivity index (χ0v) is 17.1. The molecule has 4 rings (SSSR count). The molecule has 4 amide bonds. The Balaban J connectivity index is 1.42. The Kier molecular flexibility index (Phi) is 5.46. The van der Waals surface area contributed by atoms with E-state index in [9.17, 15) is 19.2 Å². The fourth-order valence-electron chi connectivity index (χ4n) is 4.14. The number of carbonyl (C=O) groups is 4. The second-order valence-corrected chi connectivity index (χ2v) is 7.72. The van der Waals surface area contributed by atoms with Crippen molar-refractivity contribution in [3.8, 4) is 0 Å². The Bertz CT molecular complexity index is 1040. The van der Waals surface area contributed by atoms with E-state index in [1.807, 2.05) is 30.3 Å². The lowest BCUT2D eigenvalue weighted by molar-refractivity contribution is -0.155. The van der Waals surface area contributed by atoms with Crippen LogP contribution in [0.3, 0.4) is 0 Å². The summed E-state index contributed by atoms with van der Waals surface area (Å²) in [6.45, 7) is 0.873. The van der Waals surface area contributed by atoms with E-state index in [-0.39, 0.29) is 0 Å². The minimum atomic E-state index is -1.15. The van der Waals surface area contributed by atoms with Crippen LogP contribution in [0.5, 0.6) is 0 Å². The summed E-state index contributed by atoms with van der Waals surface area (Å²) in [5.74, 6) is -1.81. The number of amides is 4. The van der Waals surface area contributed by atoms with Crippen molar-refractivity contribution in [3.63, 3.8) is 0 Å². The van der Waals surface area contributed by atoms with Crippen molar-refractivity contribution >= 4 is 29.5 Å². The van der Waals surface area contributed by atoms with Crippen LogP contribution in [0, 0.1) is 0 Å². The molecule has 1 spiro atoms. The number of nitrogens with zero attached hydrogens (tertiary/aromatic N) is 1. The molecule has 1 aliphatic carbocycles. The highest BCUT2D eigenvalue weighted by molar-refractivity contribution is 6.09. The Hall–Kier alpha value is -3.68. The third kappa shape index (κ3) is 3.88. The molecule has 8 heteroatoms. The topological polar surface area (TPSA) is 105 Å². The molecule has 1 fully saturated rings. The number of hydrogen-bond donors (Lipinski definition) is 2. The maximum atomic E-state index is 13.2. The summed E-state index contributed by atoms with van der Waals surface area (Å²) in [4.78, 5) is 51.3. The molecule has 2 aromatic rings. The van der Waals surface area contributed by atoms with Crippen LogP contribution in [0.4, 0.5) is 10.5 Å². The highest BCUT2D eigenvalue weighted by atomic mass is 16.5. The van der Waals surface area contributed by atoms with Gasteiger partial charge in [-0.2, -0.15) is 0 Å². The maximum Gasteiger partial charge on any atom is 0.327 e. The first-order valence-corrected chi connectivity index (χ1v) is 10.2. The van der Waals surface area contributed by atoms with Crippen molar-refractivity contribution in [1.29, 1.82) is 0 Å². The van der Waals surface area contributed by atoms with Crippen LogP contribution >= 0.6 is 0 Å². The van der Waals surface area contributed by atoms with E-state index in [4.69, 9.17) is 4.74 Å². The zero-order chi connectivity index (χ0) is 22.0. The molecular formula is C23H23N3O5. The number of nitrogens with one attached hydrogen (secondary N) is 2. The van der Waals surface area contributed by atoms with Gasteiger partial charge in [0.2, 0.25) is 0 Å². The largest absolute Gasteiger partial charge is 0.451 e. The molecule has 0 aromatic heterocycles. The van der Waals surface area contributed by atoms with Gasteiger partial charge in [0.1, 0.15) is 12.1 Å². The van der Waals surface area contributed by atoms with Crippen molar-refractivity contribution in [2.24, 2.45) is 0 Å².